The number of aliphatic hydroxyl groups excluding tert-OH is 1. The highest BCUT2D eigenvalue weighted by Crippen LogP contribution is 2.42. The molecule has 0 aliphatic carbocycles. The lowest BCUT2D eigenvalue weighted by atomic mass is 10.1. The molecule has 1 N–H and O–H groups in total. The summed E-state index contributed by atoms with van der Waals surface area (Å²) in [7, 11) is 0. The van der Waals surface area contributed by atoms with Crippen LogP contribution in [0, 0.1) is 5.82 Å². The molecule has 1 aromatic heterocycles. The van der Waals surface area contributed by atoms with Gasteiger partial charge < -0.3 is 19.3 Å². The Morgan fingerprint density at radius 1 is 1.03 bits per heavy atom. The second-order valence-electron chi connectivity index (χ2n) is 10.4. The fourth-order valence-corrected chi connectivity index (χ4v) is 4.55. The lowest BCUT2D eigenvalue weighted by Crippen LogP contribution is -2.44. The number of ether oxygens (including phenoxy) is 3. The summed E-state index contributed by atoms with van der Waals surface area (Å²) in [5.41, 5.74) is 1.93. The molecule has 8 nitrogen and oxygen atoms in total. The summed E-state index contributed by atoms with van der Waals surface area (Å²) < 4.78 is 34.0. The Bertz CT molecular complexity index is 1140. The molecule has 0 aromatic carbocycles. The van der Waals surface area contributed by atoms with Gasteiger partial charge in [0, 0.05) is 6.54 Å². The zero-order chi connectivity index (χ0) is 26.6. The molecule has 0 unspecified atom stereocenters. The Morgan fingerprint density at radius 2 is 1.64 bits per heavy atom. The number of fused-ring (bicyclic) bond motifs is 1. The molecule has 0 spiro atoms. The molecule has 9 heteroatoms. The lowest BCUT2D eigenvalue weighted by molar-refractivity contribution is -0.200. The first-order valence-corrected chi connectivity index (χ1v) is 12.5. The standard InChI is InChI=1S/C27H39FN2O6/c1-17(2)9-7-10-18(3)11-8-12-19(4)13-14-29-24(32)20(28)15-30(26(29)33)25-23-22(21(16-31)34-25)35-27(5,6)36-23/h9,11,13,15,21-23,25,31H,7-8,10,12,14,16H2,1-6H3/b18-11+,19-13+/t21-,22-,23-,25-/m1/s1. The molecule has 36 heavy (non-hydrogen) atoms. The van der Waals surface area contributed by atoms with Crippen molar-refractivity contribution < 1.29 is 23.7 Å². The van der Waals surface area contributed by atoms with E-state index in [1.54, 1.807) is 19.9 Å². The first kappa shape index (κ1) is 28.2. The number of hydrogen-bond acceptors (Lipinski definition) is 6. The zero-order valence-electron chi connectivity index (χ0n) is 22.1. The van der Waals surface area contributed by atoms with Gasteiger partial charge in [-0.05, 0) is 67.2 Å². The molecule has 0 saturated carbocycles. The molecule has 2 aliphatic heterocycles. The minimum atomic E-state index is -1.07. The summed E-state index contributed by atoms with van der Waals surface area (Å²) in [6, 6.07) is 0. The van der Waals surface area contributed by atoms with Crippen LogP contribution in [0.25, 0.3) is 0 Å². The van der Waals surface area contributed by atoms with Crippen molar-refractivity contribution in [3.8, 4) is 0 Å². The average Bonchev–Trinajstić information content (AvgIpc) is 3.28. The van der Waals surface area contributed by atoms with Crippen molar-refractivity contribution in [3.05, 3.63) is 67.8 Å². The molecule has 2 aliphatic rings. The van der Waals surface area contributed by atoms with Gasteiger partial charge in [-0.3, -0.25) is 13.9 Å². The summed E-state index contributed by atoms with van der Waals surface area (Å²) in [5.74, 6) is -2.01. The van der Waals surface area contributed by atoms with Gasteiger partial charge in [-0.1, -0.05) is 34.9 Å². The Morgan fingerprint density at radius 3 is 2.28 bits per heavy atom. The summed E-state index contributed by atoms with van der Waals surface area (Å²) in [5, 5.41) is 9.69. The number of rotatable bonds is 10. The maximum Gasteiger partial charge on any atom is 0.333 e. The van der Waals surface area contributed by atoms with Crippen LogP contribution in [0.2, 0.25) is 0 Å². The molecule has 3 rings (SSSR count). The van der Waals surface area contributed by atoms with Crippen molar-refractivity contribution >= 4 is 0 Å². The van der Waals surface area contributed by atoms with E-state index in [4.69, 9.17) is 14.2 Å². The third-order valence-electron chi connectivity index (χ3n) is 6.48. The quantitative estimate of drug-likeness (QED) is 0.483. The molecule has 2 saturated heterocycles. The maximum atomic E-state index is 14.6. The smallest absolute Gasteiger partial charge is 0.333 e. The largest absolute Gasteiger partial charge is 0.394 e. The fraction of sp³-hybridized carbons (Fsp3) is 0.630. The fourth-order valence-electron chi connectivity index (χ4n) is 4.55. The van der Waals surface area contributed by atoms with Crippen LogP contribution in [0.4, 0.5) is 4.39 Å². The maximum absolute atomic E-state index is 14.6. The van der Waals surface area contributed by atoms with Gasteiger partial charge in [0.25, 0.3) is 5.56 Å². The first-order valence-electron chi connectivity index (χ1n) is 12.5. The van der Waals surface area contributed by atoms with Crippen molar-refractivity contribution in [1.29, 1.82) is 0 Å². The van der Waals surface area contributed by atoms with Crippen molar-refractivity contribution in [2.75, 3.05) is 6.61 Å². The summed E-state index contributed by atoms with van der Waals surface area (Å²) in [4.78, 5) is 25.7. The summed E-state index contributed by atoms with van der Waals surface area (Å²) in [6.07, 6.45) is 7.57. The molecule has 4 atom stereocenters. The highest BCUT2D eigenvalue weighted by atomic mass is 19.1. The van der Waals surface area contributed by atoms with Crippen LogP contribution < -0.4 is 11.2 Å². The predicted molar refractivity (Wildman–Crippen MR) is 135 cm³/mol. The topological polar surface area (TPSA) is 91.9 Å². The highest BCUT2D eigenvalue weighted by Gasteiger charge is 2.56. The van der Waals surface area contributed by atoms with E-state index in [1.165, 1.54) is 11.1 Å². The van der Waals surface area contributed by atoms with Crippen molar-refractivity contribution in [2.45, 2.75) is 104 Å². The number of aliphatic hydroxyl groups is 1. The molecule has 0 bridgehead atoms. The van der Waals surface area contributed by atoms with Crippen molar-refractivity contribution in [1.82, 2.24) is 9.13 Å². The molecule has 2 fully saturated rings. The van der Waals surface area contributed by atoms with Gasteiger partial charge in [-0.25, -0.2) is 4.79 Å². The van der Waals surface area contributed by atoms with Gasteiger partial charge in [0.05, 0.1) is 12.8 Å². The number of halogens is 1. The SMILES string of the molecule is CC(C)=CCC/C(C)=C/CC/C(C)=C/Cn1c(=O)c(F)cn([C@@H]2O[C@H](CO)[C@H]3OC(C)(C)O[C@H]32)c1=O. The molecule has 0 amide bonds. The third-order valence-corrected chi connectivity index (χ3v) is 6.48. The van der Waals surface area contributed by atoms with Gasteiger partial charge in [-0.15, -0.1) is 0 Å². The number of aromatic nitrogens is 2. The van der Waals surface area contributed by atoms with E-state index in [0.717, 1.165) is 46.6 Å². The first-order chi connectivity index (χ1) is 16.9. The molecule has 3 heterocycles. The minimum absolute atomic E-state index is 0.0579. The number of allylic oxidation sites excluding steroid dienone is 6. The monoisotopic (exact) mass is 506 g/mol. The van der Waals surface area contributed by atoms with Gasteiger partial charge >= 0.3 is 5.69 Å². The van der Waals surface area contributed by atoms with Crippen molar-refractivity contribution in [3.63, 3.8) is 0 Å². The second kappa shape index (κ2) is 11.8. The second-order valence-corrected chi connectivity index (χ2v) is 10.4. The molecular formula is C27H39FN2O6. The minimum Gasteiger partial charge on any atom is -0.394 e. The van der Waals surface area contributed by atoms with Gasteiger partial charge in [0.1, 0.15) is 18.3 Å². The molecule has 0 radical (unpaired) electrons. The van der Waals surface area contributed by atoms with E-state index in [1.807, 2.05) is 6.92 Å². The van der Waals surface area contributed by atoms with E-state index >= 15 is 0 Å². The summed E-state index contributed by atoms with van der Waals surface area (Å²) in [6.45, 7) is 11.3. The highest BCUT2D eigenvalue weighted by molar-refractivity contribution is 5.06. The van der Waals surface area contributed by atoms with Crippen LogP contribution >= 0.6 is 0 Å². The van der Waals surface area contributed by atoms with E-state index in [0.29, 0.717) is 0 Å². The van der Waals surface area contributed by atoms with Crippen LogP contribution in [0.15, 0.2) is 50.7 Å². The zero-order valence-corrected chi connectivity index (χ0v) is 22.1. The van der Waals surface area contributed by atoms with Gasteiger partial charge in [0.15, 0.2) is 12.0 Å². The Balaban J connectivity index is 1.74. The van der Waals surface area contributed by atoms with Crippen LogP contribution in [0.3, 0.4) is 0 Å². The van der Waals surface area contributed by atoms with Gasteiger partial charge in [0.2, 0.25) is 5.82 Å². The number of hydrogen-bond donors (Lipinski definition) is 1. The third kappa shape index (κ3) is 6.70. The number of nitrogens with zero attached hydrogens (tertiary/aromatic N) is 2. The normalized spacial score (nSPS) is 25.8. The molecule has 200 valence electrons. The van der Waals surface area contributed by atoms with Crippen LogP contribution in [-0.2, 0) is 20.8 Å². The average molecular weight is 507 g/mol. The van der Waals surface area contributed by atoms with Crippen molar-refractivity contribution in [2.24, 2.45) is 0 Å². The molecule has 1 aromatic rings. The Kier molecular flexibility index (Phi) is 9.27. The molecular weight excluding hydrogens is 467 g/mol. The van der Waals surface area contributed by atoms with Gasteiger partial charge in [-0.2, -0.15) is 4.39 Å². The van der Waals surface area contributed by atoms with E-state index in [9.17, 15) is 19.1 Å². The Hall–Kier alpha value is -2.33. The van der Waals surface area contributed by atoms with Crippen LogP contribution in [-0.4, -0.2) is 44.9 Å². The van der Waals surface area contributed by atoms with Crippen LogP contribution in [0.5, 0.6) is 0 Å². The van der Waals surface area contributed by atoms with E-state index in [-0.39, 0.29) is 13.2 Å². The Labute approximate surface area is 211 Å². The van der Waals surface area contributed by atoms with E-state index in [2.05, 4.69) is 32.9 Å². The predicted octanol–water partition coefficient (Wildman–Crippen LogP) is 3.98. The van der Waals surface area contributed by atoms with Crippen LogP contribution in [0.1, 0.15) is 73.5 Å². The lowest BCUT2D eigenvalue weighted by Gasteiger charge is -2.24. The summed E-state index contributed by atoms with van der Waals surface area (Å²) >= 11 is 0. The van der Waals surface area contributed by atoms with E-state index < -0.39 is 47.4 Å².